The second-order valence-electron chi connectivity index (χ2n) is 6.09. The number of hydrogen-bond acceptors (Lipinski definition) is 5. The fourth-order valence-electron chi connectivity index (χ4n) is 2.92. The number of furan rings is 1. The average molecular weight is 382 g/mol. The second kappa shape index (κ2) is 7.66. The Morgan fingerprint density at radius 3 is 2.31 bits per heavy atom. The molecular weight excluding hydrogens is 368 g/mol. The highest BCUT2D eigenvalue weighted by atomic mass is 16.3. The van der Waals surface area contributed by atoms with E-state index in [9.17, 15) is 14.9 Å². The van der Waals surface area contributed by atoms with E-state index in [0.717, 1.165) is 0 Å². The molecule has 140 valence electrons. The number of anilines is 1. The molecule has 0 radical (unpaired) electrons. The minimum absolute atomic E-state index is 0.130. The van der Waals surface area contributed by atoms with Crippen molar-refractivity contribution in [3.05, 3.63) is 95.5 Å². The Morgan fingerprint density at radius 2 is 1.62 bits per heavy atom. The maximum absolute atomic E-state index is 12.7. The molecule has 2 heterocycles. The molecule has 0 saturated carbocycles. The van der Waals surface area contributed by atoms with Crippen LogP contribution in [0.3, 0.4) is 0 Å². The zero-order valence-electron chi connectivity index (χ0n) is 15.0. The largest absolute Gasteiger partial charge is 0.459 e. The van der Waals surface area contributed by atoms with Crippen molar-refractivity contribution < 1.29 is 14.0 Å². The summed E-state index contributed by atoms with van der Waals surface area (Å²) in [6.45, 7) is 0. The molecule has 0 unspecified atom stereocenters. The molecule has 0 bridgehead atoms. The number of hydrogen-bond donors (Lipinski definition) is 2. The van der Waals surface area contributed by atoms with Gasteiger partial charge in [0.2, 0.25) is 0 Å². The molecule has 4 rings (SSSR count). The summed E-state index contributed by atoms with van der Waals surface area (Å²) in [6, 6.07) is 20.9. The number of carbonyl (C=O) groups is 2. The van der Waals surface area contributed by atoms with E-state index in [1.807, 2.05) is 12.1 Å². The number of fused-ring (bicyclic) bond motifs is 1. The van der Waals surface area contributed by atoms with Gasteiger partial charge in [0.25, 0.3) is 11.8 Å². The molecule has 0 spiro atoms. The number of nitrogens with one attached hydrogen (secondary N) is 2. The maximum Gasteiger partial charge on any atom is 0.292 e. The molecule has 2 N–H and O–H groups in total. The van der Waals surface area contributed by atoms with E-state index >= 15 is 0 Å². The van der Waals surface area contributed by atoms with Gasteiger partial charge in [-0.05, 0) is 24.3 Å². The van der Waals surface area contributed by atoms with E-state index in [1.165, 1.54) is 12.3 Å². The quantitative estimate of drug-likeness (QED) is 0.535. The Morgan fingerprint density at radius 1 is 0.897 bits per heavy atom. The Kier molecular flexibility index (Phi) is 4.74. The molecule has 1 aromatic heterocycles. The van der Waals surface area contributed by atoms with Gasteiger partial charge in [-0.2, -0.15) is 5.26 Å². The minimum Gasteiger partial charge on any atom is -0.459 e. The lowest BCUT2D eigenvalue weighted by atomic mass is 10.0. The van der Waals surface area contributed by atoms with Gasteiger partial charge in [0.1, 0.15) is 17.5 Å². The van der Waals surface area contributed by atoms with Crippen molar-refractivity contribution in [2.45, 2.75) is 0 Å². The summed E-state index contributed by atoms with van der Waals surface area (Å²) < 4.78 is 5.10. The summed E-state index contributed by atoms with van der Waals surface area (Å²) >= 11 is 0. The predicted octanol–water partition coefficient (Wildman–Crippen LogP) is 3.34. The van der Waals surface area contributed by atoms with Gasteiger partial charge in [-0.1, -0.05) is 42.5 Å². The number of nitrogens with zero attached hydrogens (tertiary/aromatic N) is 2. The van der Waals surface area contributed by atoms with Crippen LogP contribution < -0.4 is 10.6 Å². The smallest absolute Gasteiger partial charge is 0.292 e. The zero-order valence-corrected chi connectivity index (χ0v) is 15.0. The summed E-state index contributed by atoms with van der Waals surface area (Å²) in [7, 11) is 0. The van der Waals surface area contributed by atoms with E-state index in [2.05, 4.69) is 15.6 Å². The van der Waals surface area contributed by atoms with Crippen LogP contribution in [0.2, 0.25) is 0 Å². The Labute approximate surface area is 166 Å². The average Bonchev–Trinajstić information content (AvgIpc) is 3.39. The zero-order chi connectivity index (χ0) is 20.2. The highest BCUT2D eigenvalue weighted by molar-refractivity contribution is 6.21. The fourth-order valence-corrected chi connectivity index (χ4v) is 2.92. The van der Waals surface area contributed by atoms with Crippen LogP contribution in [0.15, 0.2) is 88.0 Å². The maximum atomic E-state index is 12.7. The third-order valence-electron chi connectivity index (χ3n) is 4.25. The lowest BCUT2D eigenvalue weighted by Gasteiger charge is -2.06. The summed E-state index contributed by atoms with van der Waals surface area (Å²) in [6.07, 6.45) is 1.40. The highest BCUT2D eigenvalue weighted by Gasteiger charge is 2.27. The van der Waals surface area contributed by atoms with Crippen LogP contribution in [0.25, 0.3) is 5.70 Å². The first kappa shape index (κ1) is 17.9. The van der Waals surface area contributed by atoms with E-state index in [4.69, 9.17) is 4.42 Å². The Balaban J connectivity index is 1.71. The van der Waals surface area contributed by atoms with Crippen LogP contribution >= 0.6 is 0 Å². The topological polar surface area (TPSA) is 107 Å². The molecule has 7 heteroatoms. The summed E-state index contributed by atoms with van der Waals surface area (Å²) in [5.74, 6) is -0.676. The lowest BCUT2D eigenvalue weighted by Crippen LogP contribution is -2.29. The third-order valence-corrected chi connectivity index (χ3v) is 4.25. The molecule has 2 aromatic carbocycles. The molecule has 0 aliphatic carbocycles. The fraction of sp³-hybridized carbons (Fsp3) is 0. The van der Waals surface area contributed by atoms with Gasteiger partial charge >= 0.3 is 0 Å². The molecular formula is C22H14N4O3. The van der Waals surface area contributed by atoms with Crippen LogP contribution in [0.1, 0.15) is 21.7 Å². The third kappa shape index (κ3) is 3.55. The van der Waals surface area contributed by atoms with Gasteiger partial charge in [-0.15, -0.1) is 0 Å². The SMILES string of the molecule is N#C/C(C(=O)Nc1ccccc1)=C1/N=C(NC(=O)c2ccco2)c2ccccc21. The number of para-hydroxylation sites is 1. The number of rotatable bonds is 3. The molecule has 7 nitrogen and oxygen atoms in total. The number of nitriles is 1. The van der Waals surface area contributed by atoms with Gasteiger partial charge in [0.15, 0.2) is 5.76 Å². The van der Waals surface area contributed by atoms with Crippen LogP contribution in [-0.2, 0) is 4.79 Å². The van der Waals surface area contributed by atoms with Crippen molar-refractivity contribution in [2.75, 3.05) is 5.32 Å². The molecule has 0 fully saturated rings. The summed E-state index contributed by atoms with van der Waals surface area (Å²) in [5.41, 5.74) is 1.81. The van der Waals surface area contributed by atoms with Gasteiger partial charge in [0, 0.05) is 16.8 Å². The van der Waals surface area contributed by atoms with Crippen molar-refractivity contribution in [1.29, 1.82) is 5.26 Å². The summed E-state index contributed by atoms with van der Waals surface area (Å²) in [5, 5.41) is 15.0. The first-order chi connectivity index (χ1) is 14.2. The standard InChI is InChI=1S/C22H14N4O3/c23-13-17(21(27)24-14-7-2-1-3-8-14)19-15-9-4-5-10-16(15)20(25-19)26-22(28)18-11-6-12-29-18/h1-12H,(H,24,27)(H,25,26,28)/b19-17-. The van der Waals surface area contributed by atoms with Crippen molar-refractivity contribution in [3.63, 3.8) is 0 Å². The van der Waals surface area contributed by atoms with E-state index < -0.39 is 11.8 Å². The normalized spacial score (nSPS) is 13.7. The van der Waals surface area contributed by atoms with Crippen LogP contribution in [0.4, 0.5) is 5.69 Å². The van der Waals surface area contributed by atoms with E-state index in [0.29, 0.717) is 16.8 Å². The van der Waals surface area contributed by atoms with Crippen LogP contribution in [0, 0.1) is 11.3 Å². The number of amides is 2. The van der Waals surface area contributed by atoms with Crippen molar-refractivity contribution in [2.24, 2.45) is 4.99 Å². The van der Waals surface area contributed by atoms with Crippen molar-refractivity contribution >= 4 is 29.0 Å². The van der Waals surface area contributed by atoms with Crippen molar-refractivity contribution in [3.8, 4) is 6.07 Å². The van der Waals surface area contributed by atoms with Gasteiger partial charge in [0.05, 0.1) is 12.0 Å². The Hall–Kier alpha value is -4.44. The molecule has 2 amide bonds. The summed E-state index contributed by atoms with van der Waals surface area (Å²) in [4.78, 5) is 29.4. The lowest BCUT2D eigenvalue weighted by molar-refractivity contribution is -0.112. The Bertz CT molecular complexity index is 1190. The van der Waals surface area contributed by atoms with Crippen LogP contribution in [-0.4, -0.2) is 17.6 Å². The molecule has 1 aliphatic heterocycles. The first-order valence-corrected chi connectivity index (χ1v) is 8.71. The van der Waals surface area contributed by atoms with Gasteiger partial charge in [-0.3, -0.25) is 9.59 Å². The molecule has 0 atom stereocenters. The number of carbonyl (C=O) groups excluding carboxylic acids is 2. The van der Waals surface area contributed by atoms with Crippen molar-refractivity contribution in [1.82, 2.24) is 5.32 Å². The number of benzene rings is 2. The second-order valence-corrected chi connectivity index (χ2v) is 6.09. The van der Waals surface area contributed by atoms with Gasteiger partial charge < -0.3 is 15.1 Å². The van der Waals surface area contributed by atoms with E-state index in [1.54, 1.807) is 54.6 Å². The monoisotopic (exact) mass is 382 g/mol. The molecule has 0 saturated heterocycles. The number of amidine groups is 1. The van der Waals surface area contributed by atoms with Crippen LogP contribution in [0.5, 0.6) is 0 Å². The van der Waals surface area contributed by atoms with Gasteiger partial charge in [-0.25, -0.2) is 4.99 Å². The molecule has 29 heavy (non-hydrogen) atoms. The molecule has 1 aliphatic rings. The van der Waals surface area contributed by atoms with E-state index in [-0.39, 0.29) is 22.9 Å². The highest BCUT2D eigenvalue weighted by Crippen LogP contribution is 2.31. The number of aliphatic imine (C=N–C) groups is 1. The minimum atomic E-state index is -0.578. The first-order valence-electron chi connectivity index (χ1n) is 8.71. The predicted molar refractivity (Wildman–Crippen MR) is 107 cm³/mol. The molecule has 3 aromatic rings.